The molecule has 114 valence electrons. The van der Waals surface area contributed by atoms with E-state index in [2.05, 4.69) is 22.2 Å². The first kappa shape index (κ1) is 16.7. The number of carbonyl (C=O) groups is 2. The summed E-state index contributed by atoms with van der Waals surface area (Å²) in [5.74, 6) is -0.702. The number of unbranched alkanes of at least 4 members (excludes halogenated alkanes) is 1. The first-order valence-electron chi connectivity index (χ1n) is 6.93. The SMILES string of the molecule is C=CCNC(=O)c1ccc(NC(CCCC)C(=O)O)nc1. The van der Waals surface area contributed by atoms with Crippen molar-refractivity contribution >= 4 is 17.7 Å². The Labute approximate surface area is 124 Å². The number of carboxylic acids is 1. The zero-order valence-corrected chi connectivity index (χ0v) is 12.1. The molecule has 0 aliphatic carbocycles. The van der Waals surface area contributed by atoms with Crippen LogP contribution in [-0.4, -0.2) is 34.6 Å². The quantitative estimate of drug-likeness (QED) is 0.606. The summed E-state index contributed by atoms with van der Waals surface area (Å²) in [7, 11) is 0. The topological polar surface area (TPSA) is 91.3 Å². The van der Waals surface area contributed by atoms with Gasteiger partial charge in [-0.3, -0.25) is 4.79 Å². The molecule has 1 rings (SSSR count). The van der Waals surface area contributed by atoms with Crippen molar-refractivity contribution in [1.82, 2.24) is 10.3 Å². The lowest BCUT2D eigenvalue weighted by Crippen LogP contribution is -2.29. The summed E-state index contributed by atoms with van der Waals surface area (Å²) in [6.45, 7) is 5.91. The lowest BCUT2D eigenvalue weighted by Gasteiger charge is -2.14. The van der Waals surface area contributed by atoms with Crippen LogP contribution in [0.4, 0.5) is 5.82 Å². The summed E-state index contributed by atoms with van der Waals surface area (Å²) in [5, 5.41) is 14.6. The van der Waals surface area contributed by atoms with E-state index in [1.165, 1.54) is 6.20 Å². The van der Waals surface area contributed by atoms with Gasteiger partial charge in [0.25, 0.3) is 5.91 Å². The van der Waals surface area contributed by atoms with Crippen molar-refractivity contribution in [2.75, 3.05) is 11.9 Å². The Kier molecular flexibility index (Phi) is 6.94. The third-order valence-electron chi connectivity index (χ3n) is 2.90. The number of amides is 1. The lowest BCUT2D eigenvalue weighted by molar-refractivity contribution is -0.138. The van der Waals surface area contributed by atoms with Gasteiger partial charge in [0, 0.05) is 12.7 Å². The molecule has 0 aromatic carbocycles. The highest BCUT2D eigenvalue weighted by Gasteiger charge is 2.17. The summed E-state index contributed by atoms with van der Waals surface area (Å²) in [5.41, 5.74) is 0.419. The normalized spacial score (nSPS) is 11.5. The molecule has 1 unspecified atom stereocenters. The van der Waals surface area contributed by atoms with Crippen molar-refractivity contribution in [2.24, 2.45) is 0 Å². The molecular formula is C15H21N3O3. The van der Waals surface area contributed by atoms with Crippen LogP contribution in [-0.2, 0) is 4.79 Å². The summed E-state index contributed by atoms with van der Waals surface area (Å²) >= 11 is 0. The number of aliphatic carboxylic acids is 1. The molecule has 3 N–H and O–H groups in total. The van der Waals surface area contributed by atoms with E-state index >= 15 is 0 Å². The van der Waals surface area contributed by atoms with Gasteiger partial charge < -0.3 is 15.7 Å². The van der Waals surface area contributed by atoms with Crippen LogP contribution in [0.25, 0.3) is 0 Å². The number of anilines is 1. The molecule has 1 atom stereocenters. The second kappa shape index (κ2) is 8.73. The monoisotopic (exact) mass is 291 g/mol. The highest BCUT2D eigenvalue weighted by atomic mass is 16.4. The molecule has 0 radical (unpaired) electrons. The van der Waals surface area contributed by atoms with Crippen LogP contribution in [0.5, 0.6) is 0 Å². The molecule has 6 nitrogen and oxygen atoms in total. The third-order valence-corrected chi connectivity index (χ3v) is 2.90. The van der Waals surface area contributed by atoms with E-state index in [0.29, 0.717) is 24.3 Å². The number of nitrogens with zero attached hydrogens (tertiary/aromatic N) is 1. The lowest BCUT2D eigenvalue weighted by atomic mass is 10.1. The van der Waals surface area contributed by atoms with Crippen LogP contribution in [0.3, 0.4) is 0 Å². The van der Waals surface area contributed by atoms with Crippen molar-refractivity contribution in [2.45, 2.75) is 32.2 Å². The molecule has 0 aliphatic rings. The average Bonchev–Trinajstić information content (AvgIpc) is 2.49. The van der Waals surface area contributed by atoms with E-state index in [-0.39, 0.29) is 5.91 Å². The van der Waals surface area contributed by atoms with E-state index < -0.39 is 12.0 Å². The maximum absolute atomic E-state index is 11.7. The Morgan fingerprint density at radius 1 is 1.48 bits per heavy atom. The van der Waals surface area contributed by atoms with Gasteiger partial charge >= 0.3 is 5.97 Å². The first-order chi connectivity index (χ1) is 10.1. The van der Waals surface area contributed by atoms with Gasteiger partial charge in [0.1, 0.15) is 11.9 Å². The molecule has 1 aromatic heterocycles. The van der Waals surface area contributed by atoms with E-state index in [0.717, 1.165) is 12.8 Å². The molecule has 6 heteroatoms. The zero-order chi connectivity index (χ0) is 15.7. The minimum Gasteiger partial charge on any atom is -0.480 e. The van der Waals surface area contributed by atoms with E-state index in [1.54, 1.807) is 18.2 Å². The second-order valence-electron chi connectivity index (χ2n) is 4.61. The van der Waals surface area contributed by atoms with Crippen molar-refractivity contribution in [1.29, 1.82) is 0 Å². The molecule has 1 heterocycles. The Morgan fingerprint density at radius 2 is 2.24 bits per heavy atom. The van der Waals surface area contributed by atoms with Crippen molar-refractivity contribution in [3.8, 4) is 0 Å². The number of carboxylic acid groups (broad SMARTS) is 1. The number of hydrogen-bond donors (Lipinski definition) is 3. The molecule has 1 aromatic rings. The third kappa shape index (κ3) is 5.64. The van der Waals surface area contributed by atoms with Gasteiger partial charge in [0.2, 0.25) is 0 Å². The minimum atomic E-state index is -0.905. The predicted octanol–water partition coefficient (Wildman–Crippen LogP) is 2.05. The first-order valence-corrected chi connectivity index (χ1v) is 6.93. The van der Waals surface area contributed by atoms with Crippen LogP contribution in [0, 0.1) is 0 Å². The molecule has 0 saturated heterocycles. The fourth-order valence-corrected chi connectivity index (χ4v) is 1.72. The minimum absolute atomic E-state index is 0.241. The highest BCUT2D eigenvalue weighted by molar-refractivity contribution is 5.94. The van der Waals surface area contributed by atoms with Crippen molar-refractivity contribution in [3.05, 3.63) is 36.5 Å². The van der Waals surface area contributed by atoms with E-state index in [1.807, 2.05) is 6.92 Å². The average molecular weight is 291 g/mol. The van der Waals surface area contributed by atoms with Gasteiger partial charge in [0.05, 0.1) is 5.56 Å². The molecule has 0 spiro atoms. The molecule has 0 aliphatic heterocycles. The van der Waals surface area contributed by atoms with Gasteiger partial charge in [-0.2, -0.15) is 0 Å². The summed E-state index contributed by atoms with van der Waals surface area (Å²) in [4.78, 5) is 26.9. The van der Waals surface area contributed by atoms with Gasteiger partial charge in [-0.25, -0.2) is 9.78 Å². The number of aromatic nitrogens is 1. The number of carbonyl (C=O) groups excluding carboxylic acids is 1. The Hall–Kier alpha value is -2.37. The highest BCUT2D eigenvalue weighted by Crippen LogP contribution is 2.10. The van der Waals surface area contributed by atoms with Crippen molar-refractivity contribution in [3.63, 3.8) is 0 Å². The number of rotatable bonds is 9. The van der Waals surface area contributed by atoms with Gasteiger partial charge in [-0.15, -0.1) is 6.58 Å². The van der Waals surface area contributed by atoms with Gasteiger partial charge in [-0.05, 0) is 18.6 Å². The molecule has 1 amide bonds. The molecule has 0 saturated carbocycles. The Bertz CT molecular complexity index is 485. The van der Waals surface area contributed by atoms with Crippen LogP contribution in [0.15, 0.2) is 31.0 Å². The number of nitrogens with one attached hydrogen (secondary N) is 2. The Morgan fingerprint density at radius 3 is 2.76 bits per heavy atom. The summed E-state index contributed by atoms with van der Waals surface area (Å²) in [6, 6.07) is 2.54. The standard InChI is InChI=1S/C15H21N3O3/c1-3-5-6-12(15(20)21)18-13-8-7-11(10-17-13)14(19)16-9-4-2/h4,7-8,10,12H,2-3,5-6,9H2,1H3,(H,16,19)(H,17,18)(H,20,21). The second-order valence-corrected chi connectivity index (χ2v) is 4.61. The number of pyridine rings is 1. The summed E-state index contributed by atoms with van der Waals surface area (Å²) < 4.78 is 0. The molecule has 0 bridgehead atoms. The van der Waals surface area contributed by atoms with E-state index in [4.69, 9.17) is 5.11 Å². The smallest absolute Gasteiger partial charge is 0.326 e. The molecule has 21 heavy (non-hydrogen) atoms. The predicted molar refractivity (Wildman–Crippen MR) is 81.3 cm³/mol. The van der Waals surface area contributed by atoms with Gasteiger partial charge in [0.15, 0.2) is 0 Å². The van der Waals surface area contributed by atoms with E-state index in [9.17, 15) is 9.59 Å². The fraction of sp³-hybridized carbons (Fsp3) is 0.400. The van der Waals surface area contributed by atoms with Crippen LogP contribution < -0.4 is 10.6 Å². The Balaban J connectivity index is 2.66. The van der Waals surface area contributed by atoms with Crippen LogP contribution in [0.1, 0.15) is 36.5 Å². The number of hydrogen-bond acceptors (Lipinski definition) is 4. The van der Waals surface area contributed by atoms with Gasteiger partial charge in [-0.1, -0.05) is 25.8 Å². The molecular weight excluding hydrogens is 270 g/mol. The molecule has 0 fully saturated rings. The van der Waals surface area contributed by atoms with Crippen molar-refractivity contribution < 1.29 is 14.7 Å². The maximum atomic E-state index is 11.7. The summed E-state index contributed by atoms with van der Waals surface area (Å²) in [6.07, 6.45) is 5.30. The largest absolute Gasteiger partial charge is 0.480 e. The van der Waals surface area contributed by atoms with Crippen LogP contribution in [0.2, 0.25) is 0 Å². The zero-order valence-electron chi connectivity index (χ0n) is 12.1. The fourth-order valence-electron chi connectivity index (χ4n) is 1.72. The van der Waals surface area contributed by atoms with Crippen LogP contribution >= 0.6 is 0 Å². The maximum Gasteiger partial charge on any atom is 0.326 e.